The van der Waals surface area contributed by atoms with Crippen molar-refractivity contribution in [1.82, 2.24) is 24.4 Å². The first kappa shape index (κ1) is 20.2. The van der Waals surface area contributed by atoms with Crippen LogP contribution >= 0.6 is 0 Å². The van der Waals surface area contributed by atoms with Crippen molar-refractivity contribution in [2.24, 2.45) is 5.92 Å². The SMILES string of the molecule is CC1C[C@H](O)CC[C@@H]1n1cc2cc(C(=O)Nc3cnn4cccnc34)c(OC3CC3)cc2n1. The highest BCUT2D eigenvalue weighted by Gasteiger charge is 2.30. The number of amides is 1. The molecule has 170 valence electrons. The number of hydrogen-bond acceptors (Lipinski definition) is 6. The van der Waals surface area contributed by atoms with Crippen molar-refractivity contribution in [3.8, 4) is 5.75 Å². The Morgan fingerprint density at radius 2 is 2.12 bits per heavy atom. The first-order chi connectivity index (χ1) is 16.0. The van der Waals surface area contributed by atoms with E-state index in [1.54, 1.807) is 29.2 Å². The van der Waals surface area contributed by atoms with Gasteiger partial charge in [-0.1, -0.05) is 6.92 Å². The van der Waals surface area contributed by atoms with Crippen LogP contribution in [-0.2, 0) is 0 Å². The van der Waals surface area contributed by atoms with E-state index in [-0.39, 0.29) is 24.2 Å². The fourth-order valence-electron chi connectivity index (χ4n) is 4.73. The molecule has 9 nitrogen and oxygen atoms in total. The van der Waals surface area contributed by atoms with Crippen molar-refractivity contribution in [3.05, 3.63) is 48.5 Å². The molecule has 3 aromatic heterocycles. The molecule has 1 aromatic carbocycles. The van der Waals surface area contributed by atoms with Crippen LogP contribution in [0.15, 0.2) is 43.0 Å². The number of fused-ring (bicyclic) bond motifs is 2. The summed E-state index contributed by atoms with van der Waals surface area (Å²) in [5, 5.41) is 22.9. The van der Waals surface area contributed by atoms with Gasteiger partial charge in [-0.2, -0.15) is 10.2 Å². The maximum Gasteiger partial charge on any atom is 0.259 e. The molecule has 2 N–H and O–H groups in total. The number of aromatic nitrogens is 5. The number of rotatable bonds is 5. The number of aliphatic hydroxyl groups excluding tert-OH is 1. The molecule has 0 radical (unpaired) electrons. The number of benzene rings is 1. The van der Waals surface area contributed by atoms with E-state index in [2.05, 4.69) is 22.3 Å². The highest BCUT2D eigenvalue weighted by Crippen LogP contribution is 2.36. The minimum absolute atomic E-state index is 0.148. The number of carbonyl (C=O) groups excluding carboxylic acids is 1. The Balaban J connectivity index is 1.35. The number of hydrogen-bond donors (Lipinski definition) is 2. The van der Waals surface area contributed by atoms with Crippen LogP contribution in [-0.4, -0.2) is 47.6 Å². The lowest BCUT2D eigenvalue weighted by molar-refractivity contribution is 0.0750. The maximum atomic E-state index is 13.3. The zero-order chi connectivity index (χ0) is 22.5. The summed E-state index contributed by atoms with van der Waals surface area (Å²) in [5.41, 5.74) is 2.40. The lowest BCUT2D eigenvalue weighted by Gasteiger charge is -2.31. The fraction of sp³-hybridized carbons (Fsp3) is 0.417. The highest BCUT2D eigenvalue weighted by molar-refractivity contribution is 6.09. The Labute approximate surface area is 190 Å². The predicted octanol–water partition coefficient (Wildman–Crippen LogP) is 3.59. The molecular formula is C24H26N6O3. The van der Waals surface area contributed by atoms with Crippen LogP contribution in [0.2, 0.25) is 0 Å². The summed E-state index contributed by atoms with van der Waals surface area (Å²) in [6.45, 7) is 2.16. The van der Waals surface area contributed by atoms with Crippen molar-refractivity contribution in [2.45, 2.75) is 57.3 Å². The first-order valence-corrected chi connectivity index (χ1v) is 11.5. The third-order valence-corrected chi connectivity index (χ3v) is 6.65. The lowest BCUT2D eigenvalue weighted by atomic mass is 9.84. The monoisotopic (exact) mass is 446 g/mol. The average molecular weight is 447 g/mol. The molecule has 0 aliphatic heterocycles. The van der Waals surface area contributed by atoms with E-state index < -0.39 is 0 Å². The van der Waals surface area contributed by atoms with Gasteiger partial charge in [0.25, 0.3) is 5.91 Å². The van der Waals surface area contributed by atoms with Crippen molar-refractivity contribution in [1.29, 1.82) is 0 Å². The quantitative estimate of drug-likeness (QED) is 0.485. The van der Waals surface area contributed by atoms with Crippen molar-refractivity contribution in [2.75, 3.05) is 5.32 Å². The molecular weight excluding hydrogens is 420 g/mol. The van der Waals surface area contributed by atoms with E-state index >= 15 is 0 Å². The third-order valence-electron chi connectivity index (χ3n) is 6.65. The smallest absolute Gasteiger partial charge is 0.259 e. The number of carbonyl (C=O) groups is 1. The Bertz CT molecular complexity index is 1340. The zero-order valence-corrected chi connectivity index (χ0v) is 18.4. The van der Waals surface area contributed by atoms with Gasteiger partial charge in [0.05, 0.1) is 35.5 Å². The highest BCUT2D eigenvalue weighted by atomic mass is 16.5. The fourth-order valence-corrected chi connectivity index (χ4v) is 4.73. The van der Waals surface area contributed by atoms with Gasteiger partial charge in [0, 0.05) is 30.0 Å². The van der Waals surface area contributed by atoms with Crippen LogP contribution in [0.5, 0.6) is 5.75 Å². The summed E-state index contributed by atoms with van der Waals surface area (Å²) in [6, 6.07) is 5.74. The summed E-state index contributed by atoms with van der Waals surface area (Å²) >= 11 is 0. The molecule has 2 fully saturated rings. The minimum atomic E-state index is -0.269. The van der Waals surface area contributed by atoms with Gasteiger partial charge < -0.3 is 15.2 Å². The molecule has 9 heteroatoms. The Kier molecular flexibility index (Phi) is 4.79. The number of ether oxygens (including phenoxy) is 1. The van der Waals surface area contributed by atoms with Crippen LogP contribution < -0.4 is 10.1 Å². The summed E-state index contributed by atoms with van der Waals surface area (Å²) in [7, 11) is 0. The maximum absolute atomic E-state index is 13.3. The van der Waals surface area contributed by atoms with E-state index in [1.807, 2.05) is 23.0 Å². The Hall–Kier alpha value is -3.46. The van der Waals surface area contributed by atoms with Gasteiger partial charge in [0.2, 0.25) is 0 Å². The Morgan fingerprint density at radius 3 is 2.94 bits per heavy atom. The second kappa shape index (κ2) is 7.84. The molecule has 3 atom stereocenters. The van der Waals surface area contributed by atoms with Crippen LogP contribution in [0, 0.1) is 5.92 Å². The van der Waals surface area contributed by atoms with E-state index in [9.17, 15) is 9.90 Å². The molecule has 1 amide bonds. The van der Waals surface area contributed by atoms with E-state index in [4.69, 9.17) is 9.84 Å². The molecule has 4 aromatic rings. The summed E-state index contributed by atoms with van der Waals surface area (Å²) in [4.78, 5) is 17.6. The predicted molar refractivity (Wildman–Crippen MR) is 122 cm³/mol. The van der Waals surface area contributed by atoms with Crippen molar-refractivity contribution in [3.63, 3.8) is 0 Å². The number of aliphatic hydroxyl groups is 1. The largest absolute Gasteiger partial charge is 0.490 e. The number of nitrogens with zero attached hydrogens (tertiary/aromatic N) is 5. The van der Waals surface area contributed by atoms with Crippen LogP contribution in [0.25, 0.3) is 16.6 Å². The zero-order valence-electron chi connectivity index (χ0n) is 18.4. The van der Waals surface area contributed by atoms with Gasteiger partial charge in [0.15, 0.2) is 5.65 Å². The van der Waals surface area contributed by atoms with Gasteiger partial charge in [-0.05, 0) is 50.2 Å². The molecule has 0 saturated heterocycles. The van der Waals surface area contributed by atoms with Crippen molar-refractivity contribution >= 4 is 28.1 Å². The number of nitrogens with one attached hydrogen (secondary N) is 1. The van der Waals surface area contributed by atoms with Gasteiger partial charge in [-0.15, -0.1) is 0 Å². The molecule has 33 heavy (non-hydrogen) atoms. The van der Waals surface area contributed by atoms with E-state index in [0.717, 1.165) is 43.0 Å². The average Bonchev–Trinajstić information content (AvgIpc) is 3.38. The van der Waals surface area contributed by atoms with E-state index in [0.29, 0.717) is 28.6 Å². The van der Waals surface area contributed by atoms with Crippen LogP contribution in [0.3, 0.4) is 0 Å². The molecule has 2 aliphatic carbocycles. The third kappa shape index (κ3) is 3.82. The Morgan fingerprint density at radius 1 is 1.24 bits per heavy atom. The summed E-state index contributed by atoms with van der Waals surface area (Å²) in [6.07, 6.45) is 11.4. The normalized spacial score (nSPS) is 23.2. The first-order valence-electron chi connectivity index (χ1n) is 11.5. The molecule has 1 unspecified atom stereocenters. The van der Waals surface area contributed by atoms with E-state index in [1.165, 1.54) is 0 Å². The second-order valence-corrected chi connectivity index (χ2v) is 9.25. The molecule has 2 aliphatic rings. The van der Waals surface area contributed by atoms with Gasteiger partial charge in [-0.3, -0.25) is 9.48 Å². The second-order valence-electron chi connectivity index (χ2n) is 9.25. The molecule has 3 heterocycles. The molecule has 6 rings (SSSR count). The topological polar surface area (TPSA) is 107 Å². The van der Waals surface area contributed by atoms with Crippen LogP contribution in [0.4, 0.5) is 5.69 Å². The summed E-state index contributed by atoms with van der Waals surface area (Å²) < 4.78 is 9.72. The lowest BCUT2D eigenvalue weighted by Crippen LogP contribution is -2.28. The van der Waals surface area contributed by atoms with Crippen molar-refractivity contribution < 1.29 is 14.6 Å². The minimum Gasteiger partial charge on any atom is -0.490 e. The van der Waals surface area contributed by atoms with Gasteiger partial charge >= 0.3 is 0 Å². The molecule has 0 bridgehead atoms. The van der Waals surface area contributed by atoms with Gasteiger partial charge in [0.1, 0.15) is 11.4 Å². The molecule has 2 saturated carbocycles. The van der Waals surface area contributed by atoms with Crippen LogP contribution in [0.1, 0.15) is 55.4 Å². The van der Waals surface area contributed by atoms with Gasteiger partial charge in [-0.25, -0.2) is 9.50 Å². The number of anilines is 1. The standard InChI is InChI=1S/C24H26N6O3/c1-14-9-16(31)3-6-21(14)30-13-15-10-18(22(11-19(15)28-30)33-17-4-5-17)24(32)27-20-12-26-29-8-2-7-25-23(20)29/h2,7-8,10-14,16-17,21,31H,3-6,9H2,1H3,(H,27,32)/t14?,16-,21+/m1/s1. The molecule has 0 spiro atoms. The summed E-state index contributed by atoms with van der Waals surface area (Å²) in [5.74, 6) is 0.607.